The first-order chi connectivity index (χ1) is 5.72. The predicted molar refractivity (Wildman–Crippen MR) is 43.2 cm³/mol. The molecule has 0 saturated carbocycles. The van der Waals surface area contributed by atoms with Crippen molar-refractivity contribution in [1.82, 2.24) is 0 Å². The highest BCUT2D eigenvalue weighted by Gasteiger charge is 2.14. The topological polar surface area (TPSA) is 26.3 Å². The minimum absolute atomic E-state index is 0.347. The number of hydrogen-bond acceptors (Lipinski definition) is 2. The highest BCUT2D eigenvalue weighted by atomic mass is 19.1. The Labute approximate surface area is 71.4 Å². The fourth-order valence-corrected chi connectivity index (χ4v) is 1.18. The molecule has 0 saturated heterocycles. The molecule has 0 fully saturated rings. The Hall–Kier alpha value is -0.860. The number of cyclic esters (lactones) is 1. The van der Waals surface area contributed by atoms with Gasteiger partial charge in [0.05, 0.1) is 6.61 Å². The quantitative estimate of drug-likeness (QED) is 0.524. The molecule has 2 nitrogen and oxygen atoms in total. The smallest absolute Gasteiger partial charge is 0.367 e. The normalized spacial score (nSPS) is 27.0. The van der Waals surface area contributed by atoms with Crippen LogP contribution in [-0.4, -0.2) is 12.6 Å². The Morgan fingerprint density at radius 1 is 1.33 bits per heavy atom. The van der Waals surface area contributed by atoms with Gasteiger partial charge in [-0.15, -0.1) is 0 Å². The predicted octanol–water partition coefficient (Wildman–Crippen LogP) is 2.35. The molecule has 1 aliphatic heterocycles. The van der Waals surface area contributed by atoms with Crippen molar-refractivity contribution >= 4 is 5.97 Å². The van der Waals surface area contributed by atoms with Gasteiger partial charge in [0, 0.05) is 0 Å². The van der Waals surface area contributed by atoms with Crippen molar-refractivity contribution in [2.75, 3.05) is 6.61 Å². The van der Waals surface area contributed by atoms with E-state index in [9.17, 15) is 9.18 Å². The van der Waals surface area contributed by atoms with Gasteiger partial charge in [-0.3, -0.25) is 0 Å². The van der Waals surface area contributed by atoms with Gasteiger partial charge >= 0.3 is 5.97 Å². The van der Waals surface area contributed by atoms with Gasteiger partial charge in [0.1, 0.15) is 0 Å². The third kappa shape index (κ3) is 2.32. The molecule has 0 radical (unpaired) electrons. The van der Waals surface area contributed by atoms with Crippen LogP contribution in [0.25, 0.3) is 0 Å². The van der Waals surface area contributed by atoms with Crippen molar-refractivity contribution < 1.29 is 13.9 Å². The summed E-state index contributed by atoms with van der Waals surface area (Å²) in [7, 11) is 0. The molecule has 0 aromatic rings. The van der Waals surface area contributed by atoms with Gasteiger partial charge in [-0.2, -0.15) is 4.39 Å². The third-order valence-electron chi connectivity index (χ3n) is 1.98. The maximum atomic E-state index is 13.0. The molecule has 1 rings (SSSR count). The molecule has 1 heterocycles. The van der Waals surface area contributed by atoms with E-state index in [2.05, 4.69) is 4.74 Å². The van der Waals surface area contributed by atoms with Crippen molar-refractivity contribution in [3.8, 4) is 0 Å². The number of halogens is 1. The summed E-state index contributed by atoms with van der Waals surface area (Å²) in [5.41, 5.74) is 0.516. The van der Waals surface area contributed by atoms with E-state index in [1.54, 1.807) is 6.92 Å². The zero-order valence-corrected chi connectivity index (χ0v) is 7.23. The molecule has 1 aliphatic rings. The molecule has 68 valence electrons. The first-order valence-corrected chi connectivity index (χ1v) is 4.24. The third-order valence-corrected chi connectivity index (χ3v) is 1.98. The van der Waals surface area contributed by atoms with E-state index in [-0.39, 0.29) is 0 Å². The van der Waals surface area contributed by atoms with E-state index in [0.29, 0.717) is 18.6 Å². The lowest BCUT2D eigenvalue weighted by Gasteiger charge is -2.00. The van der Waals surface area contributed by atoms with E-state index < -0.39 is 11.8 Å². The van der Waals surface area contributed by atoms with Crippen molar-refractivity contribution in [3.05, 3.63) is 11.4 Å². The molecule has 12 heavy (non-hydrogen) atoms. The zero-order valence-electron chi connectivity index (χ0n) is 7.23. The summed E-state index contributed by atoms with van der Waals surface area (Å²) < 4.78 is 17.7. The van der Waals surface area contributed by atoms with E-state index in [4.69, 9.17) is 0 Å². The van der Waals surface area contributed by atoms with Gasteiger partial charge in [0.15, 0.2) is 0 Å². The van der Waals surface area contributed by atoms with Crippen LogP contribution in [0.5, 0.6) is 0 Å². The van der Waals surface area contributed by atoms with Gasteiger partial charge in [0.25, 0.3) is 0 Å². The van der Waals surface area contributed by atoms with Gasteiger partial charge in [-0.05, 0) is 38.2 Å². The Morgan fingerprint density at radius 3 is 2.83 bits per heavy atom. The molecular weight excluding hydrogens is 159 g/mol. The van der Waals surface area contributed by atoms with Crippen LogP contribution in [0.3, 0.4) is 0 Å². The van der Waals surface area contributed by atoms with Crippen LogP contribution < -0.4 is 0 Å². The van der Waals surface area contributed by atoms with E-state index in [1.807, 2.05) is 0 Å². The zero-order chi connectivity index (χ0) is 8.97. The van der Waals surface area contributed by atoms with Crippen molar-refractivity contribution in [1.29, 1.82) is 0 Å². The number of carbonyl (C=O) groups is 1. The average molecular weight is 172 g/mol. The summed E-state index contributed by atoms with van der Waals surface area (Å²) in [6, 6.07) is 0. The lowest BCUT2D eigenvalue weighted by Crippen LogP contribution is -2.06. The summed E-state index contributed by atoms with van der Waals surface area (Å²) in [4.78, 5) is 10.9. The van der Waals surface area contributed by atoms with Crippen molar-refractivity contribution in [2.45, 2.75) is 32.6 Å². The first kappa shape index (κ1) is 9.23. The van der Waals surface area contributed by atoms with Crippen LogP contribution in [0.1, 0.15) is 32.6 Å². The molecule has 0 aromatic carbocycles. The number of esters is 1. The number of rotatable bonds is 0. The van der Waals surface area contributed by atoms with Gasteiger partial charge < -0.3 is 4.74 Å². The molecule has 0 aromatic heterocycles. The number of carbonyl (C=O) groups excluding carboxylic acids is 1. The van der Waals surface area contributed by atoms with Crippen LogP contribution in [0.15, 0.2) is 11.4 Å². The second-order valence-corrected chi connectivity index (χ2v) is 3.04. The molecule has 0 bridgehead atoms. The minimum Gasteiger partial charge on any atom is -0.460 e. The lowest BCUT2D eigenvalue weighted by molar-refractivity contribution is -0.140. The standard InChI is InChI=1S/C9H13FO2/c1-7-5-3-2-4-6-12-9(11)8(7)10/h2-6H2,1H3/b8-7-. The largest absolute Gasteiger partial charge is 0.460 e. The Kier molecular flexibility index (Phi) is 3.26. The average Bonchev–Trinajstić information content (AvgIpc) is 2.12. The summed E-state index contributed by atoms with van der Waals surface area (Å²) in [6.07, 6.45) is 3.45. The number of hydrogen-bond donors (Lipinski definition) is 0. The van der Waals surface area contributed by atoms with Gasteiger partial charge in [0.2, 0.25) is 5.83 Å². The fourth-order valence-electron chi connectivity index (χ4n) is 1.18. The second-order valence-electron chi connectivity index (χ2n) is 3.04. The Balaban J connectivity index is 2.69. The maximum Gasteiger partial charge on any atom is 0.367 e. The minimum atomic E-state index is -0.797. The fraction of sp³-hybridized carbons (Fsp3) is 0.667. The van der Waals surface area contributed by atoms with Crippen LogP contribution >= 0.6 is 0 Å². The number of allylic oxidation sites excluding steroid dienone is 1. The maximum absolute atomic E-state index is 13.0. The number of ether oxygens (including phenoxy) is 1. The van der Waals surface area contributed by atoms with Crippen LogP contribution in [0.2, 0.25) is 0 Å². The Bertz CT molecular complexity index is 209. The summed E-state index contributed by atoms with van der Waals surface area (Å²) in [6.45, 7) is 1.99. The summed E-state index contributed by atoms with van der Waals surface area (Å²) in [5.74, 6) is -1.49. The highest BCUT2D eigenvalue weighted by molar-refractivity contribution is 5.86. The van der Waals surface area contributed by atoms with Crippen molar-refractivity contribution in [2.24, 2.45) is 0 Å². The van der Waals surface area contributed by atoms with Crippen LogP contribution in [0, 0.1) is 0 Å². The van der Waals surface area contributed by atoms with E-state index in [1.165, 1.54) is 0 Å². The summed E-state index contributed by atoms with van der Waals surface area (Å²) in [5, 5.41) is 0. The molecular formula is C9H13FO2. The SMILES string of the molecule is C/C1=C(/F)C(=O)OCCCCC1. The molecule has 0 amide bonds. The molecule has 3 heteroatoms. The molecule has 0 unspecified atom stereocenters. The second kappa shape index (κ2) is 4.24. The van der Waals surface area contributed by atoms with E-state index >= 15 is 0 Å². The monoisotopic (exact) mass is 172 g/mol. The first-order valence-electron chi connectivity index (χ1n) is 4.24. The Morgan fingerprint density at radius 2 is 2.08 bits per heavy atom. The van der Waals surface area contributed by atoms with Gasteiger partial charge in [-0.25, -0.2) is 4.79 Å². The van der Waals surface area contributed by atoms with Crippen LogP contribution in [0.4, 0.5) is 4.39 Å². The van der Waals surface area contributed by atoms with E-state index in [0.717, 1.165) is 19.3 Å². The molecule has 0 spiro atoms. The highest BCUT2D eigenvalue weighted by Crippen LogP contribution is 2.17. The van der Waals surface area contributed by atoms with Gasteiger partial charge in [-0.1, -0.05) is 0 Å². The molecule has 0 N–H and O–H groups in total. The lowest BCUT2D eigenvalue weighted by atomic mass is 10.1. The van der Waals surface area contributed by atoms with Crippen LogP contribution in [-0.2, 0) is 9.53 Å². The summed E-state index contributed by atoms with van der Waals surface area (Å²) >= 11 is 0. The van der Waals surface area contributed by atoms with Crippen molar-refractivity contribution in [3.63, 3.8) is 0 Å². The molecule has 0 atom stereocenters. The molecule has 0 aliphatic carbocycles.